The van der Waals surface area contributed by atoms with E-state index in [9.17, 15) is 9.59 Å². The van der Waals surface area contributed by atoms with Gasteiger partial charge in [-0.2, -0.15) is 0 Å². The highest BCUT2D eigenvalue weighted by Gasteiger charge is 2.22. The molecule has 1 aromatic heterocycles. The molecule has 1 heterocycles. The molecule has 0 radical (unpaired) electrons. The van der Waals surface area contributed by atoms with Crippen LogP contribution in [-0.4, -0.2) is 45.8 Å². The van der Waals surface area contributed by atoms with Crippen molar-refractivity contribution in [1.29, 1.82) is 0 Å². The van der Waals surface area contributed by atoms with Gasteiger partial charge in [0.15, 0.2) is 0 Å². The van der Waals surface area contributed by atoms with Crippen molar-refractivity contribution < 1.29 is 9.59 Å². The van der Waals surface area contributed by atoms with Crippen molar-refractivity contribution in [3.63, 3.8) is 0 Å². The second-order valence-electron chi connectivity index (χ2n) is 9.11. The Morgan fingerprint density at radius 3 is 2.39 bits per heavy atom. The van der Waals surface area contributed by atoms with E-state index < -0.39 is 0 Å². The summed E-state index contributed by atoms with van der Waals surface area (Å²) >= 11 is 6.36. The molecule has 0 saturated carbocycles. The number of carbonyl (C=O) groups excluding carboxylic acids is 2. The minimum atomic E-state index is -0.00190. The summed E-state index contributed by atoms with van der Waals surface area (Å²) in [6.07, 6.45) is 6.79. The summed E-state index contributed by atoms with van der Waals surface area (Å²) in [7, 11) is 0. The van der Waals surface area contributed by atoms with E-state index in [1.807, 2.05) is 54.4 Å². The second kappa shape index (κ2) is 14.1. The van der Waals surface area contributed by atoms with Crippen molar-refractivity contribution in [2.45, 2.75) is 72.9 Å². The number of likely N-dealkylation sites (N-methyl/N-ethyl adjacent to an activating group) is 1. The van der Waals surface area contributed by atoms with Crippen LogP contribution in [0.3, 0.4) is 0 Å². The lowest BCUT2D eigenvalue weighted by Crippen LogP contribution is -2.44. The summed E-state index contributed by atoms with van der Waals surface area (Å²) in [6.45, 7) is 10.8. The molecule has 2 aromatic rings. The van der Waals surface area contributed by atoms with E-state index in [1.54, 1.807) is 4.90 Å². The zero-order valence-corrected chi connectivity index (χ0v) is 21.5. The van der Waals surface area contributed by atoms with Crippen molar-refractivity contribution >= 4 is 23.4 Å². The summed E-state index contributed by atoms with van der Waals surface area (Å²) in [5, 5.41) is 0.739. The molecular weight excluding hydrogens is 434 g/mol. The van der Waals surface area contributed by atoms with Crippen LogP contribution in [0, 0.1) is 5.92 Å². The molecule has 2 amide bonds. The zero-order valence-electron chi connectivity index (χ0n) is 20.7. The van der Waals surface area contributed by atoms with Gasteiger partial charge < -0.3 is 14.4 Å². The van der Waals surface area contributed by atoms with E-state index in [0.29, 0.717) is 38.5 Å². The SMILES string of the molecule is CCCCCCC(=O)N(CC)CC(=O)N(Cc1cccn1Cc1ccccc1Cl)CC(C)C. The Morgan fingerprint density at radius 1 is 0.970 bits per heavy atom. The number of nitrogens with zero attached hydrogens (tertiary/aromatic N) is 3. The molecule has 0 saturated heterocycles. The second-order valence-corrected chi connectivity index (χ2v) is 9.51. The van der Waals surface area contributed by atoms with Crippen molar-refractivity contribution in [3.8, 4) is 0 Å². The first kappa shape index (κ1) is 27.0. The van der Waals surface area contributed by atoms with Gasteiger partial charge in [-0.3, -0.25) is 9.59 Å². The van der Waals surface area contributed by atoms with E-state index >= 15 is 0 Å². The van der Waals surface area contributed by atoms with Gasteiger partial charge in [0.25, 0.3) is 0 Å². The standard InChI is InChI=1S/C27H40ClN3O2/c1-5-7-8-9-16-26(32)29(6-2)21-27(33)31(18-22(3)4)20-24-14-12-17-30(24)19-23-13-10-11-15-25(23)28/h10-15,17,22H,5-9,16,18-21H2,1-4H3. The first-order valence-corrected chi connectivity index (χ1v) is 12.7. The predicted molar refractivity (Wildman–Crippen MR) is 136 cm³/mol. The van der Waals surface area contributed by atoms with Crippen LogP contribution in [0.1, 0.15) is 71.1 Å². The van der Waals surface area contributed by atoms with Crippen LogP contribution >= 0.6 is 11.6 Å². The molecule has 0 bridgehead atoms. The molecule has 0 fully saturated rings. The number of carbonyl (C=O) groups is 2. The minimum absolute atomic E-state index is 0.00190. The van der Waals surface area contributed by atoms with Crippen LogP contribution in [0.15, 0.2) is 42.6 Å². The topological polar surface area (TPSA) is 45.6 Å². The maximum absolute atomic E-state index is 13.3. The zero-order chi connectivity index (χ0) is 24.2. The Bertz CT molecular complexity index is 878. The van der Waals surface area contributed by atoms with Gasteiger partial charge in [0.1, 0.15) is 0 Å². The van der Waals surface area contributed by atoms with Crippen LogP contribution in [0.2, 0.25) is 5.02 Å². The number of hydrogen-bond donors (Lipinski definition) is 0. The first-order valence-electron chi connectivity index (χ1n) is 12.3. The Kier molecular flexibility index (Phi) is 11.5. The predicted octanol–water partition coefficient (Wildman–Crippen LogP) is 5.99. The third-order valence-electron chi connectivity index (χ3n) is 5.82. The smallest absolute Gasteiger partial charge is 0.242 e. The molecule has 0 aliphatic heterocycles. The maximum Gasteiger partial charge on any atom is 0.242 e. The van der Waals surface area contributed by atoms with Crippen molar-refractivity contribution in [3.05, 3.63) is 58.9 Å². The molecular formula is C27H40ClN3O2. The van der Waals surface area contributed by atoms with Gasteiger partial charge in [0.2, 0.25) is 11.8 Å². The molecule has 0 unspecified atom stereocenters. The van der Waals surface area contributed by atoms with Crippen molar-refractivity contribution in [2.24, 2.45) is 5.92 Å². The maximum atomic E-state index is 13.3. The summed E-state index contributed by atoms with van der Waals surface area (Å²) in [5.74, 6) is 0.409. The van der Waals surface area contributed by atoms with Gasteiger partial charge in [-0.1, -0.05) is 69.8 Å². The number of aromatic nitrogens is 1. The molecule has 5 nitrogen and oxygen atoms in total. The van der Waals surface area contributed by atoms with Crippen LogP contribution < -0.4 is 0 Å². The molecule has 6 heteroatoms. The highest BCUT2D eigenvalue weighted by molar-refractivity contribution is 6.31. The number of benzene rings is 1. The molecule has 0 atom stereocenters. The van der Waals surface area contributed by atoms with Gasteiger partial charge in [-0.25, -0.2) is 0 Å². The van der Waals surface area contributed by atoms with Gasteiger partial charge in [-0.05, 0) is 43.0 Å². The van der Waals surface area contributed by atoms with Crippen LogP contribution in [0.5, 0.6) is 0 Å². The third-order valence-corrected chi connectivity index (χ3v) is 6.19. The van der Waals surface area contributed by atoms with E-state index in [0.717, 1.165) is 42.0 Å². The number of halogens is 1. The summed E-state index contributed by atoms with van der Waals surface area (Å²) in [6, 6.07) is 11.9. The van der Waals surface area contributed by atoms with Gasteiger partial charge >= 0.3 is 0 Å². The Morgan fingerprint density at radius 2 is 1.73 bits per heavy atom. The van der Waals surface area contributed by atoms with Crippen LogP contribution in [0.25, 0.3) is 0 Å². The average molecular weight is 474 g/mol. The molecule has 182 valence electrons. The molecule has 2 rings (SSSR count). The van der Waals surface area contributed by atoms with E-state index in [4.69, 9.17) is 11.6 Å². The van der Waals surface area contributed by atoms with Gasteiger partial charge in [0.05, 0.1) is 13.1 Å². The summed E-state index contributed by atoms with van der Waals surface area (Å²) in [4.78, 5) is 29.5. The normalized spacial score (nSPS) is 11.1. The number of hydrogen-bond acceptors (Lipinski definition) is 2. The molecule has 0 N–H and O–H groups in total. The molecule has 1 aromatic carbocycles. The minimum Gasteiger partial charge on any atom is -0.345 e. The number of amides is 2. The lowest BCUT2D eigenvalue weighted by Gasteiger charge is -2.29. The van der Waals surface area contributed by atoms with E-state index in [1.165, 1.54) is 0 Å². The highest BCUT2D eigenvalue weighted by atomic mass is 35.5. The number of unbranched alkanes of at least 4 members (excludes halogenated alkanes) is 3. The lowest BCUT2D eigenvalue weighted by molar-refractivity contribution is -0.141. The Balaban J connectivity index is 2.07. The Hall–Kier alpha value is -2.27. The van der Waals surface area contributed by atoms with Crippen molar-refractivity contribution in [1.82, 2.24) is 14.4 Å². The fraction of sp³-hybridized carbons (Fsp3) is 0.556. The van der Waals surface area contributed by atoms with E-state index in [-0.39, 0.29) is 18.4 Å². The first-order chi connectivity index (χ1) is 15.8. The molecule has 33 heavy (non-hydrogen) atoms. The quantitative estimate of drug-likeness (QED) is 0.316. The van der Waals surface area contributed by atoms with Gasteiger partial charge in [-0.15, -0.1) is 0 Å². The third kappa shape index (κ3) is 8.88. The van der Waals surface area contributed by atoms with Crippen molar-refractivity contribution in [2.75, 3.05) is 19.6 Å². The molecule has 0 aliphatic rings. The summed E-state index contributed by atoms with van der Waals surface area (Å²) < 4.78 is 2.14. The summed E-state index contributed by atoms with van der Waals surface area (Å²) in [5.41, 5.74) is 2.10. The Labute approximate surface area is 204 Å². The monoisotopic (exact) mass is 473 g/mol. The molecule has 0 spiro atoms. The largest absolute Gasteiger partial charge is 0.345 e. The molecule has 0 aliphatic carbocycles. The fourth-order valence-corrected chi connectivity index (χ4v) is 4.14. The number of rotatable bonds is 14. The van der Waals surface area contributed by atoms with E-state index in [2.05, 4.69) is 25.3 Å². The van der Waals surface area contributed by atoms with Crippen LogP contribution in [-0.2, 0) is 22.7 Å². The highest BCUT2D eigenvalue weighted by Crippen LogP contribution is 2.18. The fourth-order valence-electron chi connectivity index (χ4n) is 3.95. The average Bonchev–Trinajstić information content (AvgIpc) is 3.22. The van der Waals surface area contributed by atoms with Gasteiger partial charge in [0, 0.05) is 43.0 Å². The van der Waals surface area contributed by atoms with Crippen LogP contribution in [0.4, 0.5) is 0 Å². The lowest BCUT2D eigenvalue weighted by atomic mass is 10.1.